The van der Waals surface area contributed by atoms with Crippen molar-refractivity contribution in [3.63, 3.8) is 0 Å². The molecule has 0 radical (unpaired) electrons. The van der Waals surface area contributed by atoms with Crippen LogP contribution >= 0.6 is 11.3 Å². The van der Waals surface area contributed by atoms with Crippen molar-refractivity contribution < 1.29 is 14.3 Å². The van der Waals surface area contributed by atoms with Gasteiger partial charge < -0.3 is 15.4 Å². The molecule has 1 atom stereocenters. The van der Waals surface area contributed by atoms with E-state index in [0.717, 1.165) is 10.4 Å². The predicted molar refractivity (Wildman–Crippen MR) is 94.7 cm³/mol. The zero-order valence-electron chi connectivity index (χ0n) is 13.7. The Labute approximate surface area is 146 Å². The largest absolute Gasteiger partial charge is 0.376 e. The molecule has 2 N–H and O–H groups in total. The minimum Gasteiger partial charge on any atom is -0.376 e. The first-order valence-electron chi connectivity index (χ1n) is 7.84. The van der Waals surface area contributed by atoms with Crippen LogP contribution < -0.4 is 10.6 Å². The molecule has 0 saturated carbocycles. The Hall–Kier alpha value is -2.18. The number of amides is 2. The average molecular weight is 346 g/mol. The van der Waals surface area contributed by atoms with Crippen LogP contribution in [-0.4, -0.2) is 31.5 Å². The SMILES string of the molecule is CNC(=O)C(Cc1cccs1)NC(=O)CCOCc1ccccc1. The summed E-state index contributed by atoms with van der Waals surface area (Å²) in [6.07, 6.45) is 0.721. The standard InChI is InChI=1S/C18H22N2O3S/c1-19-18(22)16(12-15-8-5-11-24-15)20-17(21)9-10-23-13-14-6-3-2-4-7-14/h2-8,11,16H,9-10,12-13H2,1H3,(H,19,22)(H,20,21). The van der Waals surface area contributed by atoms with E-state index in [0.29, 0.717) is 19.6 Å². The molecule has 0 bridgehead atoms. The van der Waals surface area contributed by atoms with Crippen LogP contribution in [0, 0.1) is 0 Å². The molecule has 0 aliphatic rings. The third-order valence-electron chi connectivity index (χ3n) is 3.47. The van der Waals surface area contributed by atoms with Gasteiger partial charge in [0.1, 0.15) is 6.04 Å². The van der Waals surface area contributed by atoms with Crippen LogP contribution in [0.1, 0.15) is 16.9 Å². The summed E-state index contributed by atoms with van der Waals surface area (Å²) in [5.74, 6) is -0.379. The Bertz CT molecular complexity index is 629. The number of nitrogens with one attached hydrogen (secondary N) is 2. The third kappa shape index (κ3) is 6.14. The Balaban J connectivity index is 1.74. The highest BCUT2D eigenvalue weighted by Gasteiger charge is 2.20. The maximum atomic E-state index is 12.0. The number of thiophene rings is 1. The molecule has 1 aromatic carbocycles. The normalized spacial score (nSPS) is 11.7. The highest BCUT2D eigenvalue weighted by Crippen LogP contribution is 2.11. The zero-order chi connectivity index (χ0) is 17.2. The van der Waals surface area contributed by atoms with Gasteiger partial charge in [-0.1, -0.05) is 36.4 Å². The molecule has 0 saturated heterocycles. The number of ether oxygens (including phenoxy) is 1. The molecule has 0 aliphatic heterocycles. The van der Waals surface area contributed by atoms with E-state index in [9.17, 15) is 9.59 Å². The van der Waals surface area contributed by atoms with Crippen molar-refractivity contribution in [2.45, 2.75) is 25.5 Å². The van der Waals surface area contributed by atoms with Gasteiger partial charge in [0.15, 0.2) is 0 Å². The second-order valence-corrected chi connectivity index (χ2v) is 6.34. The van der Waals surface area contributed by atoms with Gasteiger partial charge in [-0.3, -0.25) is 9.59 Å². The van der Waals surface area contributed by atoms with Crippen LogP contribution in [0.3, 0.4) is 0 Å². The topological polar surface area (TPSA) is 67.4 Å². The first-order chi connectivity index (χ1) is 11.7. The summed E-state index contributed by atoms with van der Waals surface area (Å²) in [7, 11) is 1.57. The lowest BCUT2D eigenvalue weighted by molar-refractivity contribution is -0.129. The Morgan fingerprint density at radius 1 is 1.17 bits per heavy atom. The molecule has 0 spiro atoms. The van der Waals surface area contributed by atoms with E-state index in [1.54, 1.807) is 18.4 Å². The summed E-state index contributed by atoms with van der Waals surface area (Å²) >= 11 is 1.57. The summed E-state index contributed by atoms with van der Waals surface area (Å²) in [5.41, 5.74) is 1.07. The Morgan fingerprint density at radius 2 is 1.96 bits per heavy atom. The van der Waals surface area contributed by atoms with Crippen molar-refractivity contribution in [3.05, 3.63) is 58.3 Å². The van der Waals surface area contributed by atoms with E-state index in [4.69, 9.17) is 4.74 Å². The van der Waals surface area contributed by atoms with Crippen LogP contribution in [0.4, 0.5) is 0 Å². The van der Waals surface area contributed by atoms with Gasteiger partial charge in [0, 0.05) is 24.8 Å². The monoisotopic (exact) mass is 346 g/mol. The lowest BCUT2D eigenvalue weighted by Gasteiger charge is -2.16. The van der Waals surface area contributed by atoms with Gasteiger partial charge in [-0.2, -0.15) is 0 Å². The third-order valence-corrected chi connectivity index (χ3v) is 4.37. The molecule has 1 heterocycles. The molecule has 24 heavy (non-hydrogen) atoms. The summed E-state index contributed by atoms with van der Waals surface area (Å²) in [4.78, 5) is 25.0. The first-order valence-corrected chi connectivity index (χ1v) is 8.72. The van der Waals surface area contributed by atoms with Crippen molar-refractivity contribution >= 4 is 23.2 Å². The molecule has 5 nitrogen and oxygen atoms in total. The fourth-order valence-corrected chi connectivity index (χ4v) is 2.96. The maximum Gasteiger partial charge on any atom is 0.242 e. The van der Waals surface area contributed by atoms with E-state index in [-0.39, 0.29) is 18.2 Å². The minimum absolute atomic E-state index is 0.187. The van der Waals surface area contributed by atoms with E-state index in [1.807, 2.05) is 47.8 Å². The van der Waals surface area contributed by atoms with Gasteiger partial charge in [-0.25, -0.2) is 0 Å². The second-order valence-electron chi connectivity index (χ2n) is 5.31. The van der Waals surface area contributed by atoms with Gasteiger partial charge >= 0.3 is 0 Å². The van der Waals surface area contributed by atoms with Crippen molar-refractivity contribution in [1.82, 2.24) is 10.6 Å². The smallest absolute Gasteiger partial charge is 0.242 e. The fourth-order valence-electron chi connectivity index (χ4n) is 2.21. The molecule has 2 amide bonds. The second kappa shape index (κ2) is 9.85. The van der Waals surface area contributed by atoms with Crippen LogP contribution in [-0.2, 0) is 27.4 Å². The molecule has 2 aromatic rings. The molecular formula is C18H22N2O3S. The lowest BCUT2D eigenvalue weighted by atomic mass is 10.1. The number of carbonyl (C=O) groups excluding carboxylic acids is 2. The van der Waals surface area contributed by atoms with Crippen molar-refractivity contribution in [2.24, 2.45) is 0 Å². The first kappa shape index (κ1) is 18.2. The summed E-state index contributed by atoms with van der Waals surface area (Å²) in [6.45, 7) is 0.794. The van der Waals surface area contributed by atoms with Crippen molar-refractivity contribution in [2.75, 3.05) is 13.7 Å². The van der Waals surface area contributed by atoms with Gasteiger partial charge in [0.2, 0.25) is 11.8 Å². The Kier molecular flexibility index (Phi) is 7.45. The van der Waals surface area contributed by atoms with Crippen LogP contribution in [0.2, 0.25) is 0 Å². The lowest BCUT2D eigenvalue weighted by Crippen LogP contribution is -2.47. The fraction of sp³-hybridized carbons (Fsp3) is 0.333. The van der Waals surface area contributed by atoms with Crippen LogP contribution in [0.5, 0.6) is 0 Å². The van der Waals surface area contributed by atoms with E-state index < -0.39 is 6.04 Å². The molecule has 128 valence electrons. The molecule has 1 aromatic heterocycles. The van der Waals surface area contributed by atoms with Crippen LogP contribution in [0.25, 0.3) is 0 Å². The molecule has 1 unspecified atom stereocenters. The van der Waals surface area contributed by atoms with Crippen LogP contribution in [0.15, 0.2) is 47.8 Å². The van der Waals surface area contributed by atoms with Crippen molar-refractivity contribution in [3.8, 4) is 0 Å². The number of hydrogen-bond donors (Lipinski definition) is 2. The molecule has 2 rings (SSSR count). The summed E-state index contributed by atoms with van der Waals surface area (Å²) in [6, 6.07) is 13.1. The predicted octanol–water partition coefficient (Wildman–Crippen LogP) is 2.13. The highest BCUT2D eigenvalue weighted by atomic mass is 32.1. The summed E-state index contributed by atoms with van der Waals surface area (Å²) < 4.78 is 5.51. The molecule has 6 heteroatoms. The van der Waals surface area contributed by atoms with E-state index in [2.05, 4.69) is 10.6 Å². The quantitative estimate of drug-likeness (QED) is 0.684. The van der Waals surface area contributed by atoms with E-state index >= 15 is 0 Å². The molecule has 0 fully saturated rings. The number of rotatable bonds is 9. The molecule has 0 aliphatic carbocycles. The van der Waals surface area contributed by atoms with Gasteiger partial charge in [-0.15, -0.1) is 11.3 Å². The number of hydrogen-bond acceptors (Lipinski definition) is 4. The van der Waals surface area contributed by atoms with Gasteiger partial charge in [0.25, 0.3) is 0 Å². The number of carbonyl (C=O) groups is 2. The number of likely N-dealkylation sites (N-methyl/N-ethyl adjacent to an activating group) is 1. The number of benzene rings is 1. The highest BCUT2D eigenvalue weighted by molar-refractivity contribution is 7.09. The van der Waals surface area contributed by atoms with Crippen molar-refractivity contribution in [1.29, 1.82) is 0 Å². The zero-order valence-corrected chi connectivity index (χ0v) is 14.5. The van der Waals surface area contributed by atoms with Gasteiger partial charge in [0.05, 0.1) is 13.2 Å². The maximum absolute atomic E-state index is 12.0. The Morgan fingerprint density at radius 3 is 2.62 bits per heavy atom. The average Bonchev–Trinajstić information content (AvgIpc) is 3.11. The van der Waals surface area contributed by atoms with E-state index in [1.165, 1.54) is 0 Å². The molecular weight excluding hydrogens is 324 g/mol. The minimum atomic E-state index is -0.560. The summed E-state index contributed by atoms with van der Waals surface area (Å²) in [5, 5.41) is 7.33. The van der Waals surface area contributed by atoms with Gasteiger partial charge in [-0.05, 0) is 17.0 Å².